The summed E-state index contributed by atoms with van der Waals surface area (Å²) in [4.78, 5) is 21.6. The Hall–Kier alpha value is -3.48. The van der Waals surface area contributed by atoms with E-state index in [2.05, 4.69) is 33.0 Å². The van der Waals surface area contributed by atoms with Crippen molar-refractivity contribution in [2.75, 3.05) is 5.32 Å². The predicted octanol–water partition coefficient (Wildman–Crippen LogP) is 3.17. The highest BCUT2D eigenvalue weighted by atomic mass is 16.1. The lowest BCUT2D eigenvalue weighted by Crippen LogP contribution is -2.26. The van der Waals surface area contributed by atoms with E-state index in [1.807, 2.05) is 47.4 Å². The number of anilines is 1. The Bertz CT molecular complexity index is 1160. The van der Waals surface area contributed by atoms with Crippen molar-refractivity contribution in [3.05, 3.63) is 71.9 Å². The second-order valence-corrected chi connectivity index (χ2v) is 6.98. The summed E-state index contributed by atoms with van der Waals surface area (Å²) < 4.78 is 4.02. The largest absolute Gasteiger partial charge is 0.328 e. The first-order valence-electron chi connectivity index (χ1n) is 9.44. The first-order valence-corrected chi connectivity index (χ1v) is 9.44. The Morgan fingerprint density at radius 3 is 2.89 bits per heavy atom. The van der Waals surface area contributed by atoms with Crippen molar-refractivity contribution in [1.82, 2.24) is 24.3 Å². The van der Waals surface area contributed by atoms with Crippen LogP contribution < -0.4 is 5.32 Å². The molecule has 7 nitrogen and oxygen atoms in total. The maximum atomic E-state index is 12.5. The van der Waals surface area contributed by atoms with E-state index in [0.29, 0.717) is 13.0 Å². The van der Waals surface area contributed by atoms with Crippen molar-refractivity contribution < 1.29 is 4.79 Å². The molecule has 5 rings (SSSR count). The molecule has 0 aliphatic carbocycles. The first kappa shape index (κ1) is 16.7. The van der Waals surface area contributed by atoms with Crippen LogP contribution >= 0.6 is 0 Å². The van der Waals surface area contributed by atoms with Crippen molar-refractivity contribution in [2.24, 2.45) is 0 Å². The molecule has 7 heteroatoms. The van der Waals surface area contributed by atoms with Gasteiger partial charge in [-0.2, -0.15) is 5.10 Å². The number of aryl methyl sites for hydroxylation is 1. The highest BCUT2D eigenvalue weighted by Crippen LogP contribution is 2.38. The summed E-state index contributed by atoms with van der Waals surface area (Å²) in [5.41, 5.74) is 4.09. The normalized spacial score (nSPS) is 16.2. The van der Waals surface area contributed by atoms with Crippen LogP contribution in [0.2, 0.25) is 0 Å². The summed E-state index contributed by atoms with van der Waals surface area (Å²) in [5.74, 6) is 1.54. The minimum absolute atomic E-state index is 0.0138. The number of rotatable bonds is 4. The molecular weight excluding hydrogens is 352 g/mol. The van der Waals surface area contributed by atoms with Crippen molar-refractivity contribution in [1.29, 1.82) is 0 Å². The summed E-state index contributed by atoms with van der Waals surface area (Å²) in [6.07, 6.45) is 5.78. The zero-order valence-electron chi connectivity index (χ0n) is 15.5. The van der Waals surface area contributed by atoms with Gasteiger partial charge in [0.25, 0.3) is 0 Å². The molecule has 1 N–H and O–H groups in total. The van der Waals surface area contributed by atoms with Crippen LogP contribution in [0, 0.1) is 0 Å². The molecule has 0 bridgehead atoms. The topological polar surface area (TPSA) is 77.6 Å². The van der Waals surface area contributed by atoms with Gasteiger partial charge >= 0.3 is 0 Å². The smallest absolute Gasteiger partial charge is 0.226 e. The van der Waals surface area contributed by atoms with Gasteiger partial charge in [-0.25, -0.2) is 9.67 Å². The monoisotopic (exact) mass is 372 g/mol. The molecule has 0 saturated carbocycles. The van der Waals surface area contributed by atoms with Gasteiger partial charge in [0.2, 0.25) is 5.91 Å². The maximum absolute atomic E-state index is 12.5. The summed E-state index contributed by atoms with van der Waals surface area (Å²) in [7, 11) is 0. The highest BCUT2D eigenvalue weighted by molar-refractivity contribution is 5.94. The van der Waals surface area contributed by atoms with Gasteiger partial charge < -0.3 is 9.88 Å². The van der Waals surface area contributed by atoms with E-state index in [9.17, 15) is 4.79 Å². The van der Waals surface area contributed by atoms with Crippen molar-refractivity contribution in [2.45, 2.75) is 32.4 Å². The second-order valence-electron chi connectivity index (χ2n) is 6.98. The number of hydrogen-bond acceptors (Lipinski definition) is 4. The third kappa shape index (κ3) is 2.67. The van der Waals surface area contributed by atoms with Crippen molar-refractivity contribution in [3.8, 4) is 0 Å². The number of para-hydroxylation sites is 2. The van der Waals surface area contributed by atoms with E-state index in [1.54, 1.807) is 6.20 Å². The number of carbonyl (C=O) groups excluding carboxylic acids is 1. The highest BCUT2D eigenvalue weighted by Gasteiger charge is 2.33. The van der Waals surface area contributed by atoms with Crippen molar-refractivity contribution in [3.63, 3.8) is 0 Å². The lowest BCUT2D eigenvalue weighted by atomic mass is 9.93. The Morgan fingerprint density at radius 2 is 2.07 bits per heavy atom. The third-order valence-corrected chi connectivity index (χ3v) is 5.26. The summed E-state index contributed by atoms with van der Waals surface area (Å²) in [6.45, 7) is 3.46. The Morgan fingerprint density at radius 1 is 1.18 bits per heavy atom. The van der Waals surface area contributed by atoms with E-state index in [0.717, 1.165) is 40.3 Å². The van der Waals surface area contributed by atoms with Gasteiger partial charge in [0.1, 0.15) is 11.6 Å². The Labute approximate surface area is 162 Å². The second kappa shape index (κ2) is 6.60. The van der Waals surface area contributed by atoms with Gasteiger partial charge in [0.05, 0.1) is 29.7 Å². The minimum atomic E-state index is -0.112. The summed E-state index contributed by atoms with van der Waals surface area (Å²) >= 11 is 0. The molecule has 1 aromatic carbocycles. The molecule has 140 valence electrons. The summed E-state index contributed by atoms with van der Waals surface area (Å²) in [6, 6.07) is 12.0. The van der Waals surface area contributed by atoms with Gasteiger partial charge in [-0.05, 0) is 30.7 Å². The van der Waals surface area contributed by atoms with Gasteiger partial charge in [-0.3, -0.25) is 9.78 Å². The number of amides is 1. The average molecular weight is 372 g/mol. The average Bonchev–Trinajstić information content (AvgIpc) is 3.29. The number of benzene rings is 1. The number of nitrogens with zero attached hydrogens (tertiary/aromatic N) is 5. The minimum Gasteiger partial charge on any atom is -0.328 e. The van der Waals surface area contributed by atoms with Crippen molar-refractivity contribution >= 4 is 22.8 Å². The molecule has 0 spiro atoms. The number of nitrogens with one attached hydrogen (secondary N) is 1. The van der Waals surface area contributed by atoms with E-state index >= 15 is 0 Å². The van der Waals surface area contributed by atoms with Crippen LogP contribution in [0.25, 0.3) is 11.0 Å². The molecule has 4 aromatic rings. The Kier molecular flexibility index (Phi) is 3.93. The van der Waals surface area contributed by atoms with Crippen LogP contribution in [0.5, 0.6) is 0 Å². The number of fused-ring (bicyclic) bond motifs is 2. The van der Waals surface area contributed by atoms with Crippen LogP contribution in [-0.2, 0) is 17.9 Å². The summed E-state index contributed by atoms with van der Waals surface area (Å²) in [5, 5.41) is 7.55. The van der Waals surface area contributed by atoms with Gasteiger partial charge in [-0.1, -0.05) is 18.2 Å². The Balaban J connectivity index is 1.60. The van der Waals surface area contributed by atoms with Gasteiger partial charge in [0.15, 0.2) is 0 Å². The molecule has 1 aliphatic rings. The third-order valence-electron chi connectivity index (χ3n) is 5.26. The standard InChI is InChI=1S/C21H20N6O/c1-2-26-18-8-4-3-7-17(18)24-20(26)15-10-19(28)25-21-16(15)12-23-27(21)13-14-6-5-9-22-11-14/h3-9,11-12,15H,2,10,13H2,1H3,(H,25,28)/t15-/m1/s1. The fourth-order valence-electron chi connectivity index (χ4n) is 3.98. The molecule has 1 amide bonds. The zero-order chi connectivity index (χ0) is 19.1. The van der Waals surface area contributed by atoms with E-state index in [1.165, 1.54) is 0 Å². The van der Waals surface area contributed by atoms with Crippen LogP contribution in [-0.4, -0.2) is 30.2 Å². The SMILES string of the molecule is CCn1c([C@@H]2CC(=O)Nc3c2cnn3Cc2cccnc2)nc2ccccc21. The lowest BCUT2D eigenvalue weighted by Gasteiger charge is -2.23. The van der Waals surface area contributed by atoms with Crippen LogP contribution in [0.1, 0.15) is 36.2 Å². The molecular formula is C21H20N6O. The number of imidazole rings is 1. The number of pyridine rings is 1. The molecule has 0 saturated heterocycles. The van der Waals surface area contributed by atoms with Crippen LogP contribution in [0.3, 0.4) is 0 Å². The number of carbonyl (C=O) groups is 1. The molecule has 1 atom stereocenters. The van der Waals surface area contributed by atoms with Crippen LogP contribution in [0.4, 0.5) is 5.82 Å². The number of hydrogen-bond donors (Lipinski definition) is 1. The fourth-order valence-corrected chi connectivity index (χ4v) is 3.98. The molecule has 0 radical (unpaired) electrons. The maximum Gasteiger partial charge on any atom is 0.226 e. The van der Waals surface area contributed by atoms with E-state index in [4.69, 9.17) is 4.98 Å². The molecule has 4 heterocycles. The zero-order valence-corrected chi connectivity index (χ0v) is 15.5. The van der Waals surface area contributed by atoms with Gasteiger partial charge in [0, 0.05) is 30.9 Å². The molecule has 3 aromatic heterocycles. The van der Waals surface area contributed by atoms with E-state index < -0.39 is 0 Å². The lowest BCUT2D eigenvalue weighted by molar-refractivity contribution is -0.116. The first-order chi connectivity index (χ1) is 13.7. The van der Waals surface area contributed by atoms with Gasteiger partial charge in [-0.15, -0.1) is 0 Å². The van der Waals surface area contributed by atoms with E-state index in [-0.39, 0.29) is 11.8 Å². The molecule has 28 heavy (non-hydrogen) atoms. The molecule has 0 fully saturated rings. The predicted molar refractivity (Wildman–Crippen MR) is 106 cm³/mol. The molecule has 0 unspecified atom stereocenters. The van der Waals surface area contributed by atoms with Crippen LogP contribution in [0.15, 0.2) is 55.0 Å². The number of aromatic nitrogens is 5. The quantitative estimate of drug-likeness (QED) is 0.597. The molecule has 1 aliphatic heterocycles. The fraction of sp³-hybridized carbons (Fsp3) is 0.238.